The van der Waals surface area contributed by atoms with Crippen LogP contribution in [0.1, 0.15) is 0 Å². The number of hydrogen-bond donors (Lipinski definition) is 1. The average molecular weight is 334 g/mol. The third-order valence-electron chi connectivity index (χ3n) is 4.22. The van der Waals surface area contributed by atoms with Gasteiger partial charge >= 0.3 is 0 Å². The summed E-state index contributed by atoms with van der Waals surface area (Å²) < 4.78 is 0. The van der Waals surface area contributed by atoms with Gasteiger partial charge < -0.3 is 9.80 Å². The molecule has 0 atom stereocenters. The molecule has 128 valence electrons. The van der Waals surface area contributed by atoms with Crippen LogP contribution in [0.4, 0.5) is 11.4 Å². The van der Waals surface area contributed by atoms with Gasteiger partial charge in [0.1, 0.15) is 0 Å². The van der Waals surface area contributed by atoms with Crippen LogP contribution in [0.25, 0.3) is 22.3 Å². The largest absolute Gasteiger partial charge is 0.378 e. The Labute approximate surface area is 147 Å². The van der Waals surface area contributed by atoms with Crippen molar-refractivity contribution < 1.29 is 0 Å². The van der Waals surface area contributed by atoms with Crippen molar-refractivity contribution in [1.29, 1.82) is 0 Å². The smallest absolute Gasteiger partial charge is 0.272 e. The van der Waals surface area contributed by atoms with Crippen LogP contribution in [0.15, 0.2) is 59.5 Å². The highest BCUT2D eigenvalue weighted by molar-refractivity contribution is 5.83. The molecule has 3 aromatic rings. The number of rotatable bonds is 4. The van der Waals surface area contributed by atoms with Crippen molar-refractivity contribution in [3.05, 3.63) is 65.1 Å². The van der Waals surface area contributed by atoms with Crippen LogP contribution in [0, 0.1) is 0 Å². The standard InChI is InChI=1S/C20H22N4O/c1-23(2)16-9-5-14(6-10-16)18-13-21-22-20(25)19(18)15-7-11-17(12-8-15)24(3)4/h5-13H,1-4H3,(H,22,25). The number of benzene rings is 2. The fourth-order valence-electron chi connectivity index (χ4n) is 2.77. The molecule has 0 fully saturated rings. The van der Waals surface area contributed by atoms with Gasteiger partial charge in [-0.25, -0.2) is 5.10 Å². The lowest BCUT2D eigenvalue weighted by Gasteiger charge is -2.15. The van der Waals surface area contributed by atoms with Gasteiger partial charge in [-0.3, -0.25) is 4.79 Å². The molecule has 5 nitrogen and oxygen atoms in total. The first-order valence-corrected chi connectivity index (χ1v) is 8.10. The van der Waals surface area contributed by atoms with Gasteiger partial charge in [0.2, 0.25) is 0 Å². The van der Waals surface area contributed by atoms with Gasteiger partial charge in [0.25, 0.3) is 5.56 Å². The number of aromatic nitrogens is 2. The Kier molecular flexibility index (Phi) is 4.57. The molecule has 3 rings (SSSR count). The van der Waals surface area contributed by atoms with Crippen molar-refractivity contribution >= 4 is 11.4 Å². The van der Waals surface area contributed by atoms with Gasteiger partial charge in [0.15, 0.2) is 0 Å². The number of anilines is 2. The third kappa shape index (κ3) is 3.40. The Morgan fingerprint density at radius 2 is 1.24 bits per heavy atom. The average Bonchev–Trinajstić information content (AvgIpc) is 2.61. The second-order valence-electron chi connectivity index (χ2n) is 6.37. The minimum Gasteiger partial charge on any atom is -0.378 e. The maximum atomic E-state index is 12.5. The normalized spacial score (nSPS) is 10.6. The summed E-state index contributed by atoms with van der Waals surface area (Å²) in [5.74, 6) is 0. The Bertz CT molecular complexity index is 910. The topological polar surface area (TPSA) is 52.2 Å². The van der Waals surface area contributed by atoms with E-state index < -0.39 is 0 Å². The molecular weight excluding hydrogens is 312 g/mol. The molecule has 5 heteroatoms. The van der Waals surface area contributed by atoms with Crippen LogP contribution >= 0.6 is 0 Å². The van der Waals surface area contributed by atoms with Crippen LogP contribution in [-0.2, 0) is 0 Å². The first kappa shape index (κ1) is 16.8. The Morgan fingerprint density at radius 1 is 0.760 bits per heavy atom. The zero-order valence-corrected chi connectivity index (χ0v) is 14.9. The van der Waals surface area contributed by atoms with Crippen LogP contribution in [0.3, 0.4) is 0 Å². The zero-order chi connectivity index (χ0) is 18.0. The number of nitrogens with zero attached hydrogens (tertiary/aromatic N) is 3. The van der Waals surface area contributed by atoms with Crippen molar-refractivity contribution in [3.8, 4) is 22.3 Å². The molecule has 2 aromatic carbocycles. The SMILES string of the molecule is CN(C)c1ccc(-c2cn[nH]c(=O)c2-c2ccc(N(C)C)cc2)cc1. The zero-order valence-electron chi connectivity index (χ0n) is 14.9. The molecule has 0 saturated heterocycles. The molecule has 0 bridgehead atoms. The van der Waals surface area contributed by atoms with E-state index in [4.69, 9.17) is 0 Å². The summed E-state index contributed by atoms with van der Waals surface area (Å²) in [4.78, 5) is 16.5. The fraction of sp³-hybridized carbons (Fsp3) is 0.200. The second kappa shape index (κ2) is 6.81. The molecule has 0 aliphatic carbocycles. The molecule has 0 aliphatic rings. The summed E-state index contributed by atoms with van der Waals surface area (Å²) in [6.45, 7) is 0. The number of H-pyrrole nitrogens is 1. The lowest BCUT2D eigenvalue weighted by molar-refractivity contribution is 0.993. The summed E-state index contributed by atoms with van der Waals surface area (Å²) in [6.07, 6.45) is 1.71. The van der Waals surface area contributed by atoms with Crippen molar-refractivity contribution in [3.63, 3.8) is 0 Å². The summed E-state index contributed by atoms with van der Waals surface area (Å²) in [5.41, 5.74) is 5.32. The summed E-state index contributed by atoms with van der Waals surface area (Å²) in [7, 11) is 7.99. The lowest BCUT2D eigenvalue weighted by Crippen LogP contribution is -2.12. The maximum Gasteiger partial charge on any atom is 0.272 e. The van der Waals surface area contributed by atoms with E-state index in [9.17, 15) is 4.79 Å². The van der Waals surface area contributed by atoms with Gasteiger partial charge in [-0.05, 0) is 35.4 Å². The van der Waals surface area contributed by atoms with Gasteiger partial charge in [0.05, 0.1) is 11.8 Å². The van der Waals surface area contributed by atoms with E-state index in [1.807, 2.05) is 86.5 Å². The van der Waals surface area contributed by atoms with Gasteiger partial charge in [-0.1, -0.05) is 24.3 Å². The second-order valence-corrected chi connectivity index (χ2v) is 6.37. The highest BCUT2D eigenvalue weighted by Gasteiger charge is 2.13. The van der Waals surface area contributed by atoms with Crippen molar-refractivity contribution in [2.75, 3.05) is 38.0 Å². The van der Waals surface area contributed by atoms with Crippen molar-refractivity contribution in [2.24, 2.45) is 0 Å². The first-order valence-electron chi connectivity index (χ1n) is 8.10. The molecule has 1 aromatic heterocycles. The molecule has 0 radical (unpaired) electrons. The minimum absolute atomic E-state index is 0.188. The predicted molar refractivity (Wildman–Crippen MR) is 104 cm³/mol. The van der Waals surface area contributed by atoms with Crippen LogP contribution < -0.4 is 15.4 Å². The van der Waals surface area contributed by atoms with E-state index >= 15 is 0 Å². The van der Waals surface area contributed by atoms with E-state index in [-0.39, 0.29) is 5.56 Å². The highest BCUT2D eigenvalue weighted by Crippen LogP contribution is 2.30. The van der Waals surface area contributed by atoms with Crippen molar-refractivity contribution in [2.45, 2.75) is 0 Å². The van der Waals surface area contributed by atoms with Gasteiger partial charge in [-0.15, -0.1) is 0 Å². The Hall–Kier alpha value is -3.08. The number of hydrogen-bond acceptors (Lipinski definition) is 4. The van der Waals surface area contributed by atoms with E-state index in [1.54, 1.807) is 6.20 Å². The number of nitrogens with one attached hydrogen (secondary N) is 1. The molecule has 0 saturated carbocycles. The fourth-order valence-corrected chi connectivity index (χ4v) is 2.77. The van der Waals surface area contributed by atoms with E-state index in [2.05, 4.69) is 10.2 Å². The predicted octanol–water partition coefficient (Wildman–Crippen LogP) is 3.24. The number of aromatic amines is 1. The molecule has 1 heterocycles. The van der Waals surface area contributed by atoms with Crippen LogP contribution in [0.5, 0.6) is 0 Å². The molecule has 1 N–H and O–H groups in total. The van der Waals surface area contributed by atoms with E-state index in [0.717, 1.165) is 28.1 Å². The van der Waals surface area contributed by atoms with E-state index in [0.29, 0.717) is 5.56 Å². The summed E-state index contributed by atoms with van der Waals surface area (Å²) in [5, 5.41) is 6.55. The van der Waals surface area contributed by atoms with E-state index in [1.165, 1.54) is 0 Å². The molecule has 0 unspecified atom stereocenters. The molecular formula is C20H22N4O. The highest BCUT2D eigenvalue weighted by atomic mass is 16.1. The summed E-state index contributed by atoms with van der Waals surface area (Å²) in [6, 6.07) is 16.1. The minimum atomic E-state index is -0.188. The van der Waals surface area contributed by atoms with Crippen molar-refractivity contribution in [1.82, 2.24) is 10.2 Å². The summed E-state index contributed by atoms with van der Waals surface area (Å²) >= 11 is 0. The molecule has 25 heavy (non-hydrogen) atoms. The van der Waals surface area contributed by atoms with Gasteiger partial charge in [-0.2, -0.15) is 5.10 Å². The first-order chi connectivity index (χ1) is 12.0. The quantitative estimate of drug-likeness (QED) is 0.796. The van der Waals surface area contributed by atoms with Gasteiger partial charge in [0, 0.05) is 45.1 Å². The monoisotopic (exact) mass is 334 g/mol. The Balaban J connectivity index is 2.10. The lowest BCUT2D eigenvalue weighted by atomic mass is 9.97. The Morgan fingerprint density at radius 3 is 1.72 bits per heavy atom. The van der Waals surface area contributed by atoms with Crippen LogP contribution in [0.2, 0.25) is 0 Å². The molecule has 0 spiro atoms. The molecule has 0 amide bonds. The molecule has 0 aliphatic heterocycles. The third-order valence-corrected chi connectivity index (χ3v) is 4.22. The van der Waals surface area contributed by atoms with Crippen LogP contribution in [-0.4, -0.2) is 38.4 Å². The maximum absolute atomic E-state index is 12.5.